The van der Waals surface area contributed by atoms with Crippen molar-refractivity contribution < 1.29 is 9.21 Å². The van der Waals surface area contributed by atoms with Gasteiger partial charge in [-0.1, -0.05) is 60.2 Å². The highest BCUT2D eigenvalue weighted by atomic mass is 16.3. The van der Waals surface area contributed by atoms with Gasteiger partial charge in [0.1, 0.15) is 11.5 Å². The van der Waals surface area contributed by atoms with Gasteiger partial charge in [-0.25, -0.2) is 0 Å². The Labute approximate surface area is 170 Å². The Morgan fingerprint density at radius 2 is 1.83 bits per heavy atom. The summed E-state index contributed by atoms with van der Waals surface area (Å²) in [5, 5.41) is 7.74. The summed E-state index contributed by atoms with van der Waals surface area (Å²) >= 11 is 0. The number of nitrogens with one attached hydrogen (secondary N) is 1. The molecule has 0 aliphatic heterocycles. The van der Waals surface area contributed by atoms with Crippen molar-refractivity contribution in [2.45, 2.75) is 26.4 Å². The van der Waals surface area contributed by atoms with Crippen LogP contribution in [0.25, 0.3) is 11.3 Å². The Morgan fingerprint density at radius 1 is 1.07 bits per heavy atom. The van der Waals surface area contributed by atoms with Crippen LogP contribution in [0.2, 0.25) is 0 Å². The summed E-state index contributed by atoms with van der Waals surface area (Å²) < 4.78 is 7.23. The quantitative estimate of drug-likeness (QED) is 0.509. The number of carbonyl (C=O) groups is 1. The molecule has 2 heterocycles. The van der Waals surface area contributed by atoms with E-state index in [4.69, 9.17) is 9.52 Å². The van der Waals surface area contributed by atoms with Gasteiger partial charge in [-0.05, 0) is 31.5 Å². The Kier molecular flexibility index (Phi) is 5.29. The number of carbonyl (C=O) groups excluding carboxylic acids is 1. The van der Waals surface area contributed by atoms with Gasteiger partial charge in [0, 0.05) is 11.8 Å². The second-order valence-electron chi connectivity index (χ2n) is 7.15. The van der Waals surface area contributed by atoms with E-state index in [1.807, 2.05) is 91.5 Å². The number of furan rings is 1. The van der Waals surface area contributed by atoms with Crippen LogP contribution < -0.4 is 5.32 Å². The van der Waals surface area contributed by atoms with Crippen LogP contribution in [0.4, 0.5) is 0 Å². The first kappa shape index (κ1) is 18.7. The molecule has 0 saturated heterocycles. The molecule has 5 nitrogen and oxygen atoms in total. The number of nitrogens with zero attached hydrogens (tertiary/aromatic N) is 2. The van der Waals surface area contributed by atoms with E-state index < -0.39 is 0 Å². The monoisotopic (exact) mass is 385 g/mol. The number of amides is 1. The highest BCUT2D eigenvalue weighted by molar-refractivity contribution is 6.00. The van der Waals surface area contributed by atoms with Crippen molar-refractivity contribution in [3.8, 4) is 11.3 Å². The third-order valence-corrected chi connectivity index (χ3v) is 4.84. The number of hydrogen-bond donors (Lipinski definition) is 1. The molecule has 29 heavy (non-hydrogen) atoms. The lowest BCUT2D eigenvalue weighted by Crippen LogP contribution is -2.26. The molecule has 2 aromatic carbocycles. The first-order valence-electron chi connectivity index (χ1n) is 9.63. The van der Waals surface area contributed by atoms with E-state index in [9.17, 15) is 4.79 Å². The smallest absolute Gasteiger partial charge is 0.255 e. The maximum atomic E-state index is 13.1. The fraction of sp³-hybridized carbons (Fsp3) is 0.167. The van der Waals surface area contributed by atoms with Gasteiger partial charge in [0.2, 0.25) is 0 Å². The van der Waals surface area contributed by atoms with Crippen LogP contribution in [0.5, 0.6) is 0 Å². The Balaban J connectivity index is 1.66. The van der Waals surface area contributed by atoms with Gasteiger partial charge in [0.05, 0.1) is 24.4 Å². The summed E-state index contributed by atoms with van der Waals surface area (Å²) in [6.45, 7) is 4.54. The molecule has 4 aromatic rings. The largest absolute Gasteiger partial charge is 0.467 e. The average molecular weight is 385 g/mol. The molecule has 0 saturated carbocycles. The number of benzene rings is 2. The number of hydrogen-bond acceptors (Lipinski definition) is 3. The fourth-order valence-corrected chi connectivity index (χ4v) is 3.25. The normalized spacial score (nSPS) is 11.9. The molecule has 4 rings (SSSR count). The van der Waals surface area contributed by atoms with Gasteiger partial charge in [-0.15, -0.1) is 0 Å². The lowest BCUT2D eigenvalue weighted by atomic mass is 10.1. The highest BCUT2D eigenvalue weighted by Gasteiger charge is 2.21. The Bertz CT molecular complexity index is 1080. The highest BCUT2D eigenvalue weighted by Crippen LogP contribution is 2.24. The zero-order valence-electron chi connectivity index (χ0n) is 16.5. The maximum Gasteiger partial charge on any atom is 0.255 e. The molecule has 0 spiro atoms. The third-order valence-electron chi connectivity index (χ3n) is 4.84. The van der Waals surface area contributed by atoms with E-state index in [0.717, 1.165) is 16.7 Å². The molecule has 0 bridgehead atoms. The molecule has 1 amide bonds. The van der Waals surface area contributed by atoms with E-state index in [2.05, 4.69) is 5.32 Å². The van der Waals surface area contributed by atoms with E-state index in [1.54, 1.807) is 6.26 Å². The van der Waals surface area contributed by atoms with E-state index in [-0.39, 0.29) is 11.9 Å². The Hall–Kier alpha value is -3.60. The van der Waals surface area contributed by atoms with Gasteiger partial charge in [0.25, 0.3) is 5.91 Å². The fourth-order valence-electron chi connectivity index (χ4n) is 3.25. The average Bonchev–Trinajstić information content (AvgIpc) is 3.40. The minimum atomic E-state index is -0.235. The van der Waals surface area contributed by atoms with Crippen molar-refractivity contribution in [1.29, 1.82) is 0 Å². The van der Waals surface area contributed by atoms with Crippen LogP contribution in [-0.2, 0) is 6.54 Å². The molecule has 5 heteroatoms. The first-order valence-corrected chi connectivity index (χ1v) is 9.63. The first-order chi connectivity index (χ1) is 14.1. The van der Waals surface area contributed by atoms with Crippen LogP contribution in [0.1, 0.15) is 40.2 Å². The predicted molar refractivity (Wildman–Crippen MR) is 113 cm³/mol. The zero-order valence-corrected chi connectivity index (χ0v) is 16.5. The number of aromatic nitrogens is 2. The molecule has 146 valence electrons. The van der Waals surface area contributed by atoms with Crippen LogP contribution >= 0.6 is 0 Å². The van der Waals surface area contributed by atoms with Crippen molar-refractivity contribution >= 4 is 5.91 Å². The maximum absolute atomic E-state index is 13.1. The van der Waals surface area contributed by atoms with E-state index in [0.29, 0.717) is 23.6 Å². The summed E-state index contributed by atoms with van der Waals surface area (Å²) in [6, 6.07) is 21.6. The molecule has 0 aliphatic carbocycles. The van der Waals surface area contributed by atoms with Gasteiger partial charge in [0.15, 0.2) is 0 Å². The molecular formula is C24H23N3O2. The van der Waals surface area contributed by atoms with Gasteiger partial charge < -0.3 is 9.73 Å². The molecule has 0 unspecified atom stereocenters. The van der Waals surface area contributed by atoms with Crippen LogP contribution in [0.15, 0.2) is 83.6 Å². The number of rotatable bonds is 6. The predicted octanol–water partition coefficient (Wildman–Crippen LogP) is 4.99. The summed E-state index contributed by atoms with van der Waals surface area (Å²) in [5.41, 5.74) is 4.42. The molecule has 2 aromatic heterocycles. The van der Waals surface area contributed by atoms with Crippen molar-refractivity contribution in [3.63, 3.8) is 0 Å². The summed E-state index contributed by atoms with van der Waals surface area (Å²) in [4.78, 5) is 13.1. The summed E-state index contributed by atoms with van der Waals surface area (Å²) in [5.74, 6) is 0.538. The minimum Gasteiger partial charge on any atom is -0.467 e. The number of aryl methyl sites for hydroxylation is 1. The van der Waals surface area contributed by atoms with Crippen molar-refractivity contribution in [3.05, 3.63) is 102 Å². The van der Waals surface area contributed by atoms with Crippen molar-refractivity contribution in [2.75, 3.05) is 0 Å². The van der Waals surface area contributed by atoms with Crippen LogP contribution in [-0.4, -0.2) is 15.7 Å². The lowest BCUT2D eigenvalue weighted by Gasteiger charge is -2.11. The van der Waals surface area contributed by atoms with Gasteiger partial charge in [-0.3, -0.25) is 9.48 Å². The minimum absolute atomic E-state index is 0.177. The van der Waals surface area contributed by atoms with Crippen LogP contribution in [0.3, 0.4) is 0 Å². The second kappa shape index (κ2) is 8.19. The van der Waals surface area contributed by atoms with Crippen LogP contribution in [0, 0.1) is 6.92 Å². The van der Waals surface area contributed by atoms with E-state index >= 15 is 0 Å². The standard InChI is InChI=1S/C24H23N3O2/c1-17-10-12-20(13-11-17)23-21(24(28)25-18(2)22-9-6-14-29-22)16-27(26-23)15-19-7-4-3-5-8-19/h3-14,16,18H,15H2,1-2H3,(H,25,28)/t18-/m1/s1. The molecule has 1 atom stereocenters. The second-order valence-corrected chi connectivity index (χ2v) is 7.15. The third kappa shape index (κ3) is 4.29. The molecule has 0 aliphatic rings. The molecule has 1 N–H and O–H groups in total. The molecular weight excluding hydrogens is 362 g/mol. The summed E-state index contributed by atoms with van der Waals surface area (Å²) in [7, 11) is 0. The topological polar surface area (TPSA) is 60.1 Å². The van der Waals surface area contributed by atoms with Gasteiger partial charge >= 0.3 is 0 Å². The molecule has 0 radical (unpaired) electrons. The SMILES string of the molecule is Cc1ccc(-c2nn(Cc3ccccc3)cc2C(=O)N[C@H](C)c2ccco2)cc1. The summed E-state index contributed by atoms with van der Waals surface area (Å²) in [6.07, 6.45) is 3.42. The van der Waals surface area contributed by atoms with Crippen molar-refractivity contribution in [1.82, 2.24) is 15.1 Å². The van der Waals surface area contributed by atoms with Crippen molar-refractivity contribution in [2.24, 2.45) is 0 Å². The Morgan fingerprint density at radius 3 is 2.52 bits per heavy atom. The lowest BCUT2D eigenvalue weighted by molar-refractivity contribution is 0.0936. The molecule has 0 fully saturated rings. The van der Waals surface area contributed by atoms with E-state index in [1.165, 1.54) is 0 Å². The zero-order chi connectivity index (χ0) is 20.2. The van der Waals surface area contributed by atoms with Gasteiger partial charge in [-0.2, -0.15) is 5.10 Å².